The number of fused-ring (bicyclic) bond motifs is 1. The maximum atomic E-state index is 14.9. The third kappa shape index (κ3) is 3.40. The van der Waals surface area contributed by atoms with E-state index in [9.17, 15) is 4.39 Å². The van der Waals surface area contributed by atoms with Gasteiger partial charge in [-0.2, -0.15) is 0 Å². The lowest BCUT2D eigenvalue weighted by Gasteiger charge is -2.22. The molecule has 0 atom stereocenters. The Hall–Kier alpha value is -3.48. The van der Waals surface area contributed by atoms with Gasteiger partial charge in [0.2, 0.25) is 0 Å². The van der Waals surface area contributed by atoms with Gasteiger partial charge in [-0.05, 0) is 57.2 Å². The number of nitrogens with zero attached hydrogens (tertiary/aromatic N) is 5. The molecule has 0 radical (unpaired) electrons. The van der Waals surface area contributed by atoms with Gasteiger partial charge in [0.15, 0.2) is 5.65 Å². The molecule has 0 aliphatic rings. The predicted molar refractivity (Wildman–Crippen MR) is 115 cm³/mol. The standard InChI is InChI=1S/C22H23FN6/c1-4-28(5-2)20-9-6-16(13-17(20)23)29-14(3)26-19-8-7-18(27-22(19)29)15-10-11-25-21(24)12-15/h6-13H,4-5H2,1-3H3,(H2,24,25). The number of pyridine rings is 2. The van der Waals surface area contributed by atoms with Crippen LogP contribution in [-0.4, -0.2) is 32.6 Å². The van der Waals surface area contributed by atoms with E-state index in [0.29, 0.717) is 22.8 Å². The highest BCUT2D eigenvalue weighted by Gasteiger charge is 2.15. The van der Waals surface area contributed by atoms with Crippen molar-refractivity contribution in [2.75, 3.05) is 23.7 Å². The quantitative estimate of drug-likeness (QED) is 0.548. The third-order valence-electron chi connectivity index (χ3n) is 5.04. The zero-order chi connectivity index (χ0) is 20.5. The number of nitrogen functional groups attached to an aromatic ring is 1. The first-order valence-electron chi connectivity index (χ1n) is 9.64. The van der Waals surface area contributed by atoms with Crippen molar-refractivity contribution >= 4 is 22.7 Å². The molecular weight excluding hydrogens is 367 g/mol. The lowest BCUT2D eigenvalue weighted by molar-refractivity contribution is 0.619. The second-order valence-corrected chi connectivity index (χ2v) is 6.81. The summed E-state index contributed by atoms with van der Waals surface area (Å²) >= 11 is 0. The molecule has 3 heterocycles. The van der Waals surface area contributed by atoms with Gasteiger partial charge in [0.1, 0.15) is 23.0 Å². The minimum Gasteiger partial charge on any atom is -0.384 e. The summed E-state index contributed by atoms with van der Waals surface area (Å²) in [5.74, 6) is 0.919. The van der Waals surface area contributed by atoms with E-state index >= 15 is 0 Å². The molecule has 6 nitrogen and oxygen atoms in total. The smallest absolute Gasteiger partial charge is 0.165 e. The van der Waals surface area contributed by atoms with E-state index in [1.165, 1.54) is 0 Å². The summed E-state index contributed by atoms with van der Waals surface area (Å²) in [5.41, 5.74) is 10.1. The van der Waals surface area contributed by atoms with Crippen LogP contribution >= 0.6 is 0 Å². The van der Waals surface area contributed by atoms with Gasteiger partial charge < -0.3 is 10.6 Å². The van der Waals surface area contributed by atoms with Gasteiger partial charge in [0.05, 0.1) is 17.1 Å². The number of nitrogens with two attached hydrogens (primary N) is 1. The molecule has 3 aromatic heterocycles. The van der Waals surface area contributed by atoms with Crippen molar-refractivity contribution in [3.63, 3.8) is 0 Å². The fourth-order valence-electron chi connectivity index (χ4n) is 3.60. The number of benzene rings is 1. The Morgan fingerprint density at radius 1 is 1.03 bits per heavy atom. The number of aromatic nitrogens is 4. The predicted octanol–water partition coefficient (Wildman–Crippen LogP) is 4.36. The van der Waals surface area contributed by atoms with Gasteiger partial charge in [0.25, 0.3) is 0 Å². The fraction of sp³-hybridized carbons (Fsp3) is 0.227. The third-order valence-corrected chi connectivity index (χ3v) is 5.04. The summed E-state index contributed by atoms with van der Waals surface area (Å²) in [5, 5.41) is 0. The Balaban J connectivity index is 1.84. The Bertz CT molecular complexity index is 1180. The number of halogens is 1. The van der Waals surface area contributed by atoms with Crippen LogP contribution < -0.4 is 10.6 Å². The lowest BCUT2D eigenvalue weighted by Crippen LogP contribution is -2.23. The Labute approximate surface area is 168 Å². The van der Waals surface area contributed by atoms with Crippen LogP contribution in [0, 0.1) is 12.7 Å². The molecule has 0 spiro atoms. The molecule has 7 heteroatoms. The molecule has 4 aromatic rings. The van der Waals surface area contributed by atoms with Crippen molar-refractivity contribution in [3.8, 4) is 16.9 Å². The van der Waals surface area contributed by atoms with E-state index in [1.807, 2.05) is 60.6 Å². The van der Waals surface area contributed by atoms with Crippen LogP contribution in [0.3, 0.4) is 0 Å². The Morgan fingerprint density at radius 3 is 2.52 bits per heavy atom. The van der Waals surface area contributed by atoms with Crippen LogP contribution in [0.5, 0.6) is 0 Å². The van der Waals surface area contributed by atoms with Gasteiger partial charge in [-0.15, -0.1) is 0 Å². The lowest BCUT2D eigenvalue weighted by atomic mass is 10.1. The molecule has 0 bridgehead atoms. The number of anilines is 2. The van der Waals surface area contributed by atoms with E-state index in [1.54, 1.807) is 18.3 Å². The van der Waals surface area contributed by atoms with Crippen LogP contribution in [0.25, 0.3) is 28.1 Å². The number of aryl methyl sites for hydroxylation is 1. The van der Waals surface area contributed by atoms with Crippen LogP contribution in [0.2, 0.25) is 0 Å². The topological polar surface area (TPSA) is 72.9 Å². The highest BCUT2D eigenvalue weighted by Crippen LogP contribution is 2.27. The molecule has 0 saturated carbocycles. The zero-order valence-corrected chi connectivity index (χ0v) is 16.7. The number of imidazole rings is 1. The monoisotopic (exact) mass is 390 g/mol. The molecule has 2 N–H and O–H groups in total. The van der Waals surface area contributed by atoms with E-state index in [0.717, 1.165) is 35.7 Å². The van der Waals surface area contributed by atoms with Crippen LogP contribution in [0.1, 0.15) is 19.7 Å². The summed E-state index contributed by atoms with van der Waals surface area (Å²) in [4.78, 5) is 15.4. The Kier molecular flexibility index (Phi) is 4.88. The average Bonchev–Trinajstić information content (AvgIpc) is 3.05. The molecule has 148 valence electrons. The molecule has 29 heavy (non-hydrogen) atoms. The van der Waals surface area contributed by atoms with Crippen LogP contribution in [-0.2, 0) is 0 Å². The largest absolute Gasteiger partial charge is 0.384 e. The van der Waals surface area contributed by atoms with Gasteiger partial charge >= 0.3 is 0 Å². The molecule has 1 aromatic carbocycles. The molecule has 0 aliphatic carbocycles. The van der Waals surface area contributed by atoms with E-state index < -0.39 is 0 Å². The van der Waals surface area contributed by atoms with Gasteiger partial charge in [-0.25, -0.2) is 19.3 Å². The van der Waals surface area contributed by atoms with Crippen molar-refractivity contribution in [2.45, 2.75) is 20.8 Å². The van der Waals surface area contributed by atoms with Crippen molar-refractivity contribution in [1.82, 2.24) is 19.5 Å². The molecule has 0 saturated heterocycles. The summed E-state index contributed by atoms with van der Waals surface area (Å²) in [7, 11) is 0. The number of hydrogen-bond acceptors (Lipinski definition) is 5. The molecule has 0 aliphatic heterocycles. The maximum Gasteiger partial charge on any atom is 0.165 e. The molecule has 4 rings (SSSR count). The van der Waals surface area contributed by atoms with Crippen LogP contribution in [0.15, 0.2) is 48.7 Å². The highest BCUT2D eigenvalue weighted by molar-refractivity contribution is 5.78. The molecule has 0 amide bonds. The average molecular weight is 390 g/mol. The summed E-state index contributed by atoms with van der Waals surface area (Å²) < 4.78 is 16.7. The number of hydrogen-bond donors (Lipinski definition) is 1. The van der Waals surface area contributed by atoms with Crippen molar-refractivity contribution in [1.29, 1.82) is 0 Å². The minimum absolute atomic E-state index is 0.259. The van der Waals surface area contributed by atoms with Gasteiger partial charge in [0, 0.05) is 30.9 Å². The van der Waals surface area contributed by atoms with Crippen molar-refractivity contribution in [2.24, 2.45) is 0 Å². The Morgan fingerprint density at radius 2 is 1.83 bits per heavy atom. The van der Waals surface area contributed by atoms with E-state index in [4.69, 9.17) is 10.7 Å². The highest BCUT2D eigenvalue weighted by atomic mass is 19.1. The second-order valence-electron chi connectivity index (χ2n) is 6.81. The normalized spacial score (nSPS) is 11.2. The number of rotatable bonds is 5. The summed E-state index contributed by atoms with van der Waals surface area (Å²) in [6.45, 7) is 7.42. The molecular formula is C22H23FN6. The van der Waals surface area contributed by atoms with Gasteiger partial charge in [-0.1, -0.05) is 0 Å². The second kappa shape index (κ2) is 7.50. The fourth-order valence-corrected chi connectivity index (χ4v) is 3.60. The first-order chi connectivity index (χ1) is 14.0. The zero-order valence-electron chi connectivity index (χ0n) is 16.7. The summed E-state index contributed by atoms with van der Waals surface area (Å²) in [6, 6.07) is 12.7. The SMILES string of the molecule is CCN(CC)c1ccc(-n2c(C)nc3ccc(-c4ccnc(N)c4)nc32)cc1F. The van der Waals surface area contributed by atoms with E-state index in [2.05, 4.69) is 9.97 Å². The van der Waals surface area contributed by atoms with Crippen LogP contribution in [0.4, 0.5) is 15.9 Å². The first kappa shape index (κ1) is 18.9. The van der Waals surface area contributed by atoms with Crippen molar-refractivity contribution < 1.29 is 4.39 Å². The van der Waals surface area contributed by atoms with E-state index in [-0.39, 0.29) is 5.82 Å². The van der Waals surface area contributed by atoms with Crippen molar-refractivity contribution in [3.05, 3.63) is 60.3 Å². The molecule has 0 unspecified atom stereocenters. The van der Waals surface area contributed by atoms with Gasteiger partial charge in [-0.3, -0.25) is 4.57 Å². The maximum absolute atomic E-state index is 14.9. The minimum atomic E-state index is -0.259. The first-order valence-corrected chi connectivity index (χ1v) is 9.64. The molecule has 0 fully saturated rings. The summed E-state index contributed by atoms with van der Waals surface area (Å²) in [6.07, 6.45) is 1.65.